The maximum absolute atomic E-state index is 12.9. The molecular weight excluding hydrogens is 976 g/mol. The SMILES string of the molecule is CCCCCCCC/C=C\CCCCCCCCCCCC(=O)OCC(COP(=O)(O)OCC(CO)OC(=O)CCCCCCCCCCCCCCC)OC(=O)CCCCCCCCC/C=C\CCCCCCCC. The summed E-state index contributed by atoms with van der Waals surface area (Å²) in [6, 6.07) is 0. The summed E-state index contributed by atoms with van der Waals surface area (Å²) in [5.74, 6) is -1.44. The van der Waals surface area contributed by atoms with Gasteiger partial charge in [0, 0.05) is 19.3 Å². The van der Waals surface area contributed by atoms with E-state index in [-0.39, 0.29) is 25.9 Å². The van der Waals surface area contributed by atoms with Crippen molar-refractivity contribution in [1.29, 1.82) is 0 Å². The Morgan fingerprint density at radius 2 is 0.605 bits per heavy atom. The van der Waals surface area contributed by atoms with Crippen LogP contribution in [0.25, 0.3) is 0 Å². The number of rotatable bonds is 61. The molecule has 3 atom stereocenters. The van der Waals surface area contributed by atoms with E-state index in [1.54, 1.807) is 0 Å². The van der Waals surface area contributed by atoms with Crippen LogP contribution in [-0.4, -0.2) is 66.5 Å². The fourth-order valence-corrected chi connectivity index (χ4v) is 10.2. The molecule has 0 heterocycles. The summed E-state index contributed by atoms with van der Waals surface area (Å²) < 4.78 is 39.7. The van der Waals surface area contributed by atoms with Crippen molar-refractivity contribution in [2.45, 2.75) is 341 Å². The molecule has 11 nitrogen and oxygen atoms in total. The number of aliphatic hydroxyl groups excluding tert-OH is 1. The Balaban J connectivity index is 4.67. The number of hydrogen-bond acceptors (Lipinski definition) is 10. The molecule has 76 heavy (non-hydrogen) atoms. The standard InChI is InChI=1S/C64H121O11P/c1-4-7-10-13-16-19-22-25-27-29-30-32-33-36-38-41-44-47-50-53-62(66)71-57-61(75-64(68)55-52-49-46-43-40-37-34-31-28-26-23-20-17-14-11-8-5-2)59-73-76(69,70)72-58-60(56-65)74-63(67)54-51-48-45-42-39-35-24-21-18-15-12-9-6-3/h25-28,60-61,65H,4-24,29-59H2,1-3H3,(H,69,70)/b27-25-,28-26-. The topological polar surface area (TPSA) is 155 Å². The van der Waals surface area contributed by atoms with Gasteiger partial charge in [0.1, 0.15) is 12.7 Å². The number of esters is 3. The molecule has 3 unspecified atom stereocenters. The first kappa shape index (κ1) is 74.0. The summed E-state index contributed by atoms with van der Waals surface area (Å²) in [5, 5.41) is 9.83. The van der Waals surface area contributed by atoms with Gasteiger partial charge in [0.15, 0.2) is 6.10 Å². The molecule has 0 spiro atoms. The van der Waals surface area contributed by atoms with Gasteiger partial charge in [0.2, 0.25) is 0 Å². The highest BCUT2D eigenvalue weighted by Crippen LogP contribution is 2.43. The molecule has 0 radical (unpaired) electrons. The van der Waals surface area contributed by atoms with Crippen LogP contribution in [0.4, 0.5) is 0 Å². The van der Waals surface area contributed by atoms with E-state index >= 15 is 0 Å². The molecule has 0 amide bonds. The summed E-state index contributed by atoms with van der Waals surface area (Å²) in [6.07, 6.45) is 61.3. The molecule has 0 aliphatic heterocycles. The smallest absolute Gasteiger partial charge is 0.462 e. The molecular formula is C64H121O11P. The summed E-state index contributed by atoms with van der Waals surface area (Å²) in [5.41, 5.74) is 0. The molecule has 0 aromatic rings. The average Bonchev–Trinajstić information content (AvgIpc) is 3.41. The molecule has 2 N–H and O–H groups in total. The van der Waals surface area contributed by atoms with E-state index in [9.17, 15) is 28.9 Å². The second kappa shape index (κ2) is 59.1. The predicted molar refractivity (Wildman–Crippen MR) is 316 cm³/mol. The minimum atomic E-state index is -4.75. The van der Waals surface area contributed by atoms with Gasteiger partial charge in [0.05, 0.1) is 19.8 Å². The van der Waals surface area contributed by atoms with Crippen LogP contribution in [0.3, 0.4) is 0 Å². The fourth-order valence-electron chi connectivity index (χ4n) is 9.41. The van der Waals surface area contributed by atoms with Crippen LogP contribution in [0.2, 0.25) is 0 Å². The van der Waals surface area contributed by atoms with Gasteiger partial charge in [-0.05, 0) is 70.6 Å². The van der Waals surface area contributed by atoms with Crippen molar-refractivity contribution in [3.05, 3.63) is 24.3 Å². The highest BCUT2D eigenvalue weighted by molar-refractivity contribution is 7.47. The van der Waals surface area contributed by atoms with E-state index in [1.807, 2.05) is 0 Å². The highest BCUT2D eigenvalue weighted by Gasteiger charge is 2.28. The Labute approximate surface area is 468 Å². The zero-order valence-corrected chi connectivity index (χ0v) is 50.6. The normalized spacial score (nSPS) is 13.4. The van der Waals surface area contributed by atoms with E-state index in [1.165, 1.54) is 205 Å². The van der Waals surface area contributed by atoms with Crippen molar-refractivity contribution < 1.29 is 52.2 Å². The molecule has 0 fully saturated rings. The number of ether oxygens (including phenoxy) is 3. The first-order valence-corrected chi connectivity index (χ1v) is 33.7. The van der Waals surface area contributed by atoms with Gasteiger partial charge in [0.25, 0.3) is 0 Å². The lowest BCUT2D eigenvalue weighted by Gasteiger charge is -2.21. The lowest BCUT2D eigenvalue weighted by atomic mass is 10.0. The van der Waals surface area contributed by atoms with E-state index < -0.39 is 57.8 Å². The molecule has 0 saturated carbocycles. The molecule has 0 aromatic heterocycles. The summed E-state index contributed by atoms with van der Waals surface area (Å²) >= 11 is 0. The number of phosphoric ester groups is 1. The Kier molecular flexibility index (Phi) is 57.5. The maximum atomic E-state index is 12.9. The maximum Gasteiger partial charge on any atom is 0.472 e. The Hall–Kier alpha value is -2.04. The lowest BCUT2D eigenvalue weighted by molar-refractivity contribution is -0.161. The quantitative estimate of drug-likeness (QED) is 0.0197. The first-order chi connectivity index (χ1) is 37.2. The van der Waals surface area contributed by atoms with Crippen LogP contribution in [0.15, 0.2) is 24.3 Å². The third-order valence-electron chi connectivity index (χ3n) is 14.3. The fraction of sp³-hybridized carbons (Fsp3) is 0.891. The second-order valence-corrected chi connectivity index (χ2v) is 23.4. The van der Waals surface area contributed by atoms with Crippen LogP contribution >= 0.6 is 7.82 Å². The third kappa shape index (κ3) is 56.7. The van der Waals surface area contributed by atoms with Crippen molar-refractivity contribution in [3.8, 4) is 0 Å². The van der Waals surface area contributed by atoms with Crippen LogP contribution in [0, 0.1) is 0 Å². The first-order valence-electron chi connectivity index (χ1n) is 32.2. The number of carbonyl (C=O) groups excluding carboxylic acids is 3. The van der Waals surface area contributed by atoms with Crippen LogP contribution in [-0.2, 0) is 42.2 Å². The van der Waals surface area contributed by atoms with Gasteiger partial charge >= 0.3 is 25.7 Å². The van der Waals surface area contributed by atoms with Crippen molar-refractivity contribution in [2.24, 2.45) is 0 Å². The monoisotopic (exact) mass is 1100 g/mol. The molecule has 448 valence electrons. The van der Waals surface area contributed by atoms with E-state index in [2.05, 4.69) is 45.1 Å². The highest BCUT2D eigenvalue weighted by atomic mass is 31.2. The average molecular weight is 1100 g/mol. The van der Waals surface area contributed by atoms with Crippen LogP contribution < -0.4 is 0 Å². The van der Waals surface area contributed by atoms with Gasteiger partial charge < -0.3 is 24.2 Å². The Bertz CT molecular complexity index is 1370. The van der Waals surface area contributed by atoms with Crippen molar-refractivity contribution in [1.82, 2.24) is 0 Å². The Morgan fingerprint density at radius 1 is 0.355 bits per heavy atom. The predicted octanol–water partition coefficient (Wildman–Crippen LogP) is 19.4. The van der Waals surface area contributed by atoms with E-state index in [4.69, 9.17) is 23.3 Å². The summed E-state index contributed by atoms with van der Waals surface area (Å²) in [4.78, 5) is 48.7. The zero-order valence-electron chi connectivity index (χ0n) is 49.7. The van der Waals surface area contributed by atoms with Gasteiger partial charge in [-0.2, -0.15) is 0 Å². The molecule has 0 aliphatic carbocycles. The van der Waals surface area contributed by atoms with Crippen molar-refractivity contribution >= 4 is 25.7 Å². The zero-order chi connectivity index (χ0) is 55.5. The number of unbranched alkanes of at least 4 members (excludes halogenated alkanes) is 40. The van der Waals surface area contributed by atoms with Gasteiger partial charge in [-0.3, -0.25) is 23.4 Å². The molecule has 0 rings (SSSR count). The minimum absolute atomic E-state index is 0.167. The minimum Gasteiger partial charge on any atom is -0.462 e. The van der Waals surface area contributed by atoms with Crippen LogP contribution in [0.1, 0.15) is 329 Å². The van der Waals surface area contributed by atoms with Gasteiger partial charge in [-0.25, -0.2) is 4.57 Å². The molecule has 0 aliphatic rings. The second-order valence-electron chi connectivity index (χ2n) is 21.9. The van der Waals surface area contributed by atoms with E-state index in [0.29, 0.717) is 19.3 Å². The number of allylic oxidation sites excluding steroid dienone is 4. The largest absolute Gasteiger partial charge is 0.472 e. The number of phosphoric acid groups is 1. The molecule has 0 aromatic carbocycles. The van der Waals surface area contributed by atoms with Crippen molar-refractivity contribution in [3.63, 3.8) is 0 Å². The van der Waals surface area contributed by atoms with Gasteiger partial charge in [-0.15, -0.1) is 0 Å². The third-order valence-corrected chi connectivity index (χ3v) is 15.3. The Morgan fingerprint density at radius 3 is 0.908 bits per heavy atom. The number of aliphatic hydroxyl groups is 1. The van der Waals surface area contributed by atoms with Crippen molar-refractivity contribution in [2.75, 3.05) is 26.4 Å². The number of carbonyl (C=O) groups is 3. The summed E-state index contributed by atoms with van der Waals surface area (Å²) in [7, 11) is -4.75. The number of hydrogen-bond donors (Lipinski definition) is 2. The summed E-state index contributed by atoms with van der Waals surface area (Å²) in [6.45, 7) is 4.70. The molecule has 0 saturated heterocycles. The van der Waals surface area contributed by atoms with E-state index in [0.717, 1.165) is 64.2 Å². The molecule has 12 heteroatoms. The molecule has 0 bridgehead atoms. The van der Waals surface area contributed by atoms with Crippen LogP contribution in [0.5, 0.6) is 0 Å². The van der Waals surface area contributed by atoms with Gasteiger partial charge in [-0.1, -0.05) is 263 Å². The lowest BCUT2D eigenvalue weighted by Crippen LogP contribution is -2.30.